The van der Waals surface area contributed by atoms with Gasteiger partial charge in [-0.2, -0.15) is 0 Å². The van der Waals surface area contributed by atoms with Crippen LogP contribution in [-0.2, 0) is 4.79 Å². The second kappa shape index (κ2) is 8.97. The summed E-state index contributed by atoms with van der Waals surface area (Å²) in [4.78, 5) is 20.1. The number of H-pyrrole nitrogens is 2. The van der Waals surface area contributed by atoms with Crippen molar-refractivity contribution < 1.29 is 9.90 Å². The molecule has 2 aromatic heterocycles. The molecule has 5 rings (SSSR count). The lowest BCUT2D eigenvalue weighted by molar-refractivity contribution is -0.131. The number of nitrogens with one attached hydrogen (secondary N) is 2. The fraction of sp³-hybridized carbons (Fsp3) is 0. The number of rotatable bonds is 6. The van der Waals surface area contributed by atoms with Crippen LogP contribution in [0.2, 0.25) is 5.02 Å². The van der Waals surface area contributed by atoms with Crippen molar-refractivity contribution in [2.75, 3.05) is 0 Å². The monoisotopic (exact) mass is 472 g/mol. The molecule has 0 saturated heterocycles. The number of hydrogen-bond donors (Lipinski definition) is 3. The van der Waals surface area contributed by atoms with Crippen molar-refractivity contribution in [1.29, 1.82) is 0 Å². The topological polar surface area (TPSA) is 94.7 Å². The minimum absolute atomic E-state index is 0.110. The van der Waals surface area contributed by atoms with Crippen LogP contribution in [0.5, 0.6) is 0 Å². The largest absolute Gasteiger partial charge is 0.477 e. The molecular formula is C25H17ClN4O2S. The van der Waals surface area contributed by atoms with E-state index >= 15 is 0 Å². The van der Waals surface area contributed by atoms with Gasteiger partial charge in [-0.05, 0) is 53.7 Å². The van der Waals surface area contributed by atoms with Gasteiger partial charge in [0.15, 0.2) is 5.82 Å². The van der Waals surface area contributed by atoms with Gasteiger partial charge in [0.05, 0.1) is 5.69 Å². The highest BCUT2D eigenvalue weighted by Crippen LogP contribution is 2.35. The van der Waals surface area contributed by atoms with Gasteiger partial charge in [0, 0.05) is 27.1 Å². The van der Waals surface area contributed by atoms with Crippen LogP contribution in [0.3, 0.4) is 0 Å². The highest BCUT2D eigenvalue weighted by Gasteiger charge is 2.18. The molecule has 8 heteroatoms. The summed E-state index contributed by atoms with van der Waals surface area (Å²) in [6.07, 6.45) is 1.67. The van der Waals surface area contributed by atoms with Crippen LogP contribution >= 0.6 is 23.4 Å². The van der Waals surface area contributed by atoms with E-state index < -0.39 is 5.97 Å². The van der Waals surface area contributed by atoms with Gasteiger partial charge in [-0.15, -0.1) is 5.10 Å². The first-order chi connectivity index (χ1) is 16.1. The van der Waals surface area contributed by atoms with E-state index in [0.717, 1.165) is 45.0 Å². The molecule has 0 aliphatic rings. The van der Waals surface area contributed by atoms with Crippen molar-refractivity contribution in [3.63, 3.8) is 0 Å². The zero-order valence-corrected chi connectivity index (χ0v) is 18.7. The van der Waals surface area contributed by atoms with Gasteiger partial charge >= 0.3 is 5.97 Å². The van der Waals surface area contributed by atoms with Crippen LogP contribution in [0, 0.1) is 0 Å². The van der Waals surface area contributed by atoms with Crippen molar-refractivity contribution in [2.24, 2.45) is 0 Å². The van der Waals surface area contributed by atoms with Crippen molar-refractivity contribution in [3.8, 4) is 22.6 Å². The summed E-state index contributed by atoms with van der Waals surface area (Å²) in [5.74, 6) is -0.516. The number of carboxylic acids is 1. The number of fused-ring (bicyclic) bond motifs is 1. The summed E-state index contributed by atoms with van der Waals surface area (Å²) in [5, 5.41) is 18.9. The predicted octanol–water partition coefficient (Wildman–Crippen LogP) is 6.49. The van der Waals surface area contributed by atoms with Gasteiger partial charge in [-0.25, -0.2) is 9.78 Å². The molecule has 33 heavy (non-hydrogen) atoms. The standard InChI is InChI=1S/C25H17ClN4O2S/c26-17-12-10-16(11-13-17)23-28-25(30-29-23)33-21(24(31)32)14-19-18-8-4-5-9-20(18)27-22(19)15-6-2-1-3-7-15/h1-14,27H,(H,31,32)(H,28,29,30)/b21-14-. The Morgan fingerprint density at radius 2 is 1.67 bits per heavy atom. The first kappa shape index (κ1) is 21.1. The number of aliphatic carboxylic acids is 1. The van der Waals surface area contributed by atoms with Gasteiger partial charge in [-0.3, -0.25) is 5.10 Å². The average Bonchev–Trinajstić information content (AvgIpc) is 3.45. The number of hydrogen-bond acceptors (Lipinski definition) is 4. The quantitative estimate of drug-likeness (QED) is 0.194. The third-order valence-electron chi connectivity index (χ3n) is 5.08. The Hall–Kier alpha value is -3.81. The molecule has 0 saturated carbocycles. The molecule has 6 nitrogen and oxygen atoms in total. The van der Waals surface area contributed by atoms with E-state index in [9.17, 15) is 9.90 Å². The zero-order valence-electron chi connectivity index (χ0n) is 17.1. The summed E-state index contributed by atoms with van der Waals surface area (Å²) < 4.78 is 0. The maximum Gasteiger partial charge on any atom is 0.342 e. The molecule has 0 aliphatic heterocycles. The number of nitrogens with zero attached hydrogens (tertiary/aromatic N) is 2. The Balaban J connectivity index is 1.55. The molecule has 3 aromatic carbocycles. The number of carbonyl (C=O) groups is 1. The van der Waals surface area contributed by atoms with Crippen molar-refractivity contribution in [3.05, 3.63) is 94.4 Å². The van der Waals surface area contributed by atoms with Gasteiger partial charge in [-0.1, -0.05) is 60.1 Å². The summed E-state index contributed by atoms with van der Waals surface area (Å²) in [6, 6.07) is 24.8. The van der Waals surface area contributed by atoms with E-state index in [1.54, 1.807) is 18.2 Å². The van der Waals surface area contributed by atoms with Crippen LogP contribution in [0.15, 0.2) is 88.9 Å². The zero-order chi connectivity index (χ0) is 22.8. The number of aromatic nitrogens is 4. The Bertz CT molecular complexity index is 1470. The van der Waals surface area contributed by atoms with Gasteiger partial charge in [0.2, 0.25) is 5.16 Å². The Morgan fingerprint density at radius 1 is 0.939 bits per heavy atom. The summed E-state index contributed by atoms with van der Waals surface area (Å²) >= 11 is 6.94. The van der Waals surface area contributed by atoms with Crippen LogP contribution in [0.1, 0.15) is 5.56 Å². The highest BCUT2D eigenvalue weighted by molar-refractivity contribution is 8.04. The second-order valence-corrected chi connectivity index (χ2v) is 8.66. The molecule has 3 N–H and O–H groups in total. The van der Waals surface area contributed by atoms with Crippen LogP contribution < -0.4 is 0 Å². The summed E-state index contributed by atoms with van der Waals surface area (Å²) in [6.45, 7) is 0. The molecular weight excluding hydrogens is 456 g/mol. The molecule has 162 valence electrons. The van der Waals surface area contributed by atoms with Gasteiger partial charge < -0.3 is 10.1 Å². The smallest absolute Gasteiger partial charge is 0.342 e. The molecule has 0 unspecified atom stereocenters. The first-order valence-corrected chi connectivity index (χ1v) is 11.3. The molecule has 0 spiro atoms. The maximum absolute atomic E-state index is 12.1. The van der Waals surface area contributed by atoms with Crippen LogP contribution in [-0.4, -0.2) is 31.2 Å². The third kappa shape index (κ3) is 4.41. The Labute approximate surface area is 198 Å². The molecule has 2 heterocycles. The molecule has 0 fully saturated rings. The summed E-state index contributed by atoms with van der Waals surface area (Å²) in [5.41, 5.74) is 4.36. The lowest BCUT2D eigenvalue weighted by Crippen LogP contribution is -1.97. The lowest BCUT2D eigenvalue weighted by Gasteiger charge is -2.03. The van der Waals surface area contributed by atoms with Crippen molar-refractivity contribution >= 4 is 46.3 Å². The van der Waals surface area contributed by atoms with Crippen LogP contribution in [0.4, 0.5) is 0 Å². The number of carboxylic acid groups (broad SMARTS) is 1. The highest BCUT2D eigenvalue weighted by atomic mass is 35.5. The molecule has 0 aliphatic carbocycles. The maximum atomic E-state index is 12.1. The minimum Gasteiger partial charge on any atom is -0.477 e. The number of aromatic amines is 2. The van der Waals surface area contributed by atoms with Crippen LogP contribution in [0.25, 0.3) is 39.6 Å². The molecule has 0 amide bonds. The molecule has 0 radical (unpaired) electrons. The van der Waals surface area contributed by atoms with E-state index in [4.69, 9.17) is 11.6 Å². The number of benzene rings is 3. The fourth-order valence-corrected chi connectivity index (χ4v) is 4.35. The average molecular weight is 473 g/mol. The normalized spacial score (nSPS) is 11.7. The SMILES string of the molecule is O=C(O)/C(=C/c1c(-c2ccccc2)[nH]c2ccccc12)Sc1n[nH]c(-c2ccc(Cl)cc2)n1. The van der Waals surface area contributed by atoms with Gasteiger partial charge in [0.1, 0.15) is 4.91 Å². The molecule has 5 aromatic rings. The molecule has 0 bridgehead atoms. The number of para-hydroxylation sites is 1. The number of thioether (sulfide) groups is 1. The second-order valence-electron chi connectivity index (χ2n) is 7.21. The van der Waals surface area contributed by atoms with E-state index in [1.165, 1.54) is 0 Å². The van der Waals surface area contributed by atoms with E-state index in [1.807, 2.05) is 66.7 Å². The number of halogens is 1. The summed E-state index contributed by atoms with van der Waals surface area (Å²) in [7, 11) is 0. The minimum atomic E-state index is -1.05. The Kier molecular flexibility index (Phi) is 5.73. The van der Waals surface area contributed by atoms with Gasteiger partial charge in [0.25, 0.3) is 0 Å². The third-order valence-corrected chi connectivity index (χ3v) is 6.21. The van der Waals surface area contributed by atoms with E-state index in [2.05, 4.69) is 20.2 Å². The van der Waals surface area contributed by atoms with E-state index in [0.29, 0.717) is 16.0 Å². The molecule has 0 atom stereocenters. The van der Waals surface area contributed by atoms with E-state index in [-0.39, 0.29) is 4.91 Å². The Morgan fingerprint density at radius 3 is 2.42 bits per heavy atom. The first-order valence-electron chi connectivity index (χ1n) is 10.1. The lowest BCUT2D eigenvalue weighted by atomic mass is 10.0. The van der Waals surface area contributed by atoms with Crippen molar-refractivity contribution in [1.82, 2.24) is 20.2 Å². The predicted molar refractivity (Wildman–Crippen MR) is 132 cm³/mol. The fourth-order valence-electron chi connectivity index (χ4n) is 3.54. The van der Waals surface area contributed by atoms with Crippen molar-refractivity contribution in [2.45, 2.75) is 5.16 Å².